The normalized spacial score (nSPS) is 11.4. The van der Waals surface area contributed by atoms with Crippen molar-refractivity contribution in [1.82, 2.24) is 10.3 Å². The minimum Gasteiger partial charge on any atom is -0.489 e. The molecule has 6 rings (SSSR count). The summed E-state index contributed by atoms with van der Waals surface area (Å²) in [5.74, 6) is 0.951. The van der Waals surface area contributed by atoms with Gasteiger partial charge in [0, 0.05) is 11.1 Å². The topological polar surface area (TPSA) is 169 Å². The van der Waals surface area contributed by atoms with Crippen molar-refractivity contribution in [2.24, 2.45) is 20.5 Å². The van der Waals surface area contributed by atoms with Crippen molar-refractivity contribution in [1.29, 1.82) is 0 Å². The molecule has 0 saturated heterocycles. The van der Waals surface area contributed by atoms with Gasteiger partial charge in [0.2, 0.25) is 0 Å². The van der Waals surface area contributed by atoms with E-state index in [0.717, 1.165) is 11.1 Å². The zero-order valence-corrected chi connectivity index (χ0v) is 24.9. The van der Waals surface area contributed by atoms with Crippen LogP contribution in [0.4, 0.5) is 22.7 Å². The number of hydrogen-bond donors (Lipinski definition) is 2. The lowest BCUT2D eigenvalue weighted by molar-refractivity contribution is 0.0767. The molecule has 236 valence electrons. The molecule has 13 nitrogen and oxygen atoms in total. The first-order valence-corrected chi connectivity index (χ1v) is 14.6. The second kappa shape index (κ2) is 15.1. The highest BCUT2D eigenvalue weighted by atomic mass is 16.5. The van der Waals surface area contributed by atoms with Gasteiger partial charge in [-0.1, -0.05) is 84.9 Å². The Morgan fingerprint density at radius 1 is 0.489 bits per heavy atom. The average molecular weight is 633 g/mol. The molecule has 0 aliphatic rings. The van der Waals surface area contributed by atoms with E-state index in [4.69, 9.17) is 23.3 Å². The van der Waals surface area contributed by atoms with Crippen LogP contribution in [0.25, 0.3) is 22.5 Å². The predicted molar refractivity (Wildman–Crippen MR) is 173 cm³/mol. The third kappa shape index (κ3) is 7.67. The largest absolute Gasteiger partial charge is 0.489 e. The van der Waals surface area contributed by atoms with Gasteiger partial charge >= 0.3 is 11.3 Å². The molecule has 0 spiro atoms. The van der Waals surface area contributed by atoms with Gasteiger partial charge in [-0.3, -0.25) is 0 Å². The van der Waals surface area contributed by atoms with E-state index < -0.39 is 11.3 Å². The molecular weight excluding hydrogens is 604 g/mol. The molecule has 4 aromatic carbocycles. The summed E-state index contributed by atoms with van der Waals surface area (Å²) < 4.78 is 27.3. The van der Waals surface area contributed by atoms with Crippen LogP contribution in [0.3, 0.4) is 0 Å². The summed E-state index contributed by atoms with van der Waals surface area (Å²) >= 11 is 0. The van der Waals surface area contributed by atoms with Crippen molar-refractivity contribution in [3.8, 4) is 34.0 Å². The number of rotatable bonds is 14. The third-order valence-corrected chi connectivity index (χ3v) is 6.69. The second-order valence-corrected chi connectivity index (χ2v) is 9.81. The number of H-pyrrole nitrogens is 2. The van der Waals surface area contributed by atoms with Crippen LogP contribution in [0.15, 0.2) is 148 Å². The van der Waals surface area contributed by atoms with Crippen molar-refractivity contribution < 1.29 is 23.3 Å². The highest BCUT2D eigenvalue weighted by molar-refractivity contribution is 5.71. The molecule has 2 aromatic heterocycles. The van der Waals surface area contributed by atoms with Gasteiger partial charge in [-0.15, -0.1) is 20.5 Å². The molecular formula is C34H28N6O7. The molecule has 6 aromatic rings. The van der Waals surface area contributed by atoms with E-state index >= 15 is 0 Å². The Labute approximate surface area is 267 Å². The molecule has 0 fully saturated rings. The lowest BCUT2D eigenvalue weighted by atomic mass is 10.1. The summed E-state index contributed by atoms with van der Waals surface area (Å²) in [5, 5.41) is 22.0. The molecule has 0 atom stereocenters. The van der Waals surface area contributed by atoms with Crippen LogP contribution >= 0.6 is 0 Å². The van der Waals surface area contributed by atoms with Gasteiger partial charge in [-0.25, -0.2) is 19.9 Å². The summed E-state index contributed by atoms with van der Waals surface area (Å²) in [6.07, 6.45) is 0. The standard InChI is InChI=1S/C34H28N6O7/c41-33-31(29(39-46-33)23-11-3-1-4-12-23)37-35-25-15-7-9-17-27(25)44-21-19-43-20-22-45-28-18-10-8-16-26(28)36-38-32-30(40-47-34(32)42)24-13-5-2-6-14-24/h1-18,39-40H,19-22H2. The predicted octanol–water partition coefficient (Wildman–Crippen LogP) is 7.89. The van der Waals surface area contributed by atoms with Gasteiger partial charge in [0.05, 0.1) is 13.2 Å². The average Bonchev–Trinajstić information content (AvgIpc) is 3.68. The molecule has 0 radical (unpaired) electrons. The summed E-state index contributed by atoms with van der Waals surface area (Å²) in [4.78, 5) is 24.5. The molecule has 0 aliphatic heterocycles. The summed E-state index contributed by atoms with van der Waals surface area (Å²) in [5.41, 5.74) is 2.10. The molecule has 0 unspecified atom stereocenters. The van der Waals surface area contributed by atoms with Crippen LogP contribution in [-0.2, 0) is 4.74 Å². The molecule has 0 aliphatic carbocycles. The molecule has 0 amide bonds. The Bertz CT molecular complexity index is 1930. The van der Waals surface area contributed by atoms with Gasteiger partial charge < -0.3 is 23.3 Å². The third-order valence-electron chi connectivity index (χ3n) is 6.69. The SMILES string of the molecule is O=c1o[nH]c(-c2ccccc2)c1N=Nc1ccccc1OCCOCCOc1ccccc1N=Nc1c(-c2ccccc2)[nH]oc1=O. The van der Waals surface area contributed by atoms with Crippen molar-refractivity contribution in [2.75, 3.05) is 26.4 Å². The fraction of sp³-hybridized carbons (Fsp3) is 0.118. The number of nitrogens with zero attached hydrogens (tertiary/aromatic N) is 4. The lowest BCUT2D eigenvalue weighted by Crippen LogP contribution is -2.12. The summed E-state index contributed by atoms with van der Waals surface area (Å²) in [6, 6.07) is 32.6. The van der Waals surface area contributed by atoms with Crippen LogP contribution in [-0.4, -0.2) is 36.7 Å². The first kappa shape index (κ1) is 30.7. The summed E-state index contributed by atoms with van der Waals surface area (Å²) in [7, 11) is 0. The molecule has 13 heteroatoms. The van der Waals surface area contributed by atoms with E-state index in [-0.39, 0.29) is 37.8 Å². The zero-order chi connectivity index (χ0) is 32.3. The van der Waals surface area contributed by atoms with Gasteiger partial charge in [0.15, 0.2) is 11.4 Å². The fourth-order valence-electron chi connectivity index (χ4n) is 4.43. The maximum absolute atomic E-state index is 12.2. The maximum atomic E-state index is 12.2. The number of azo groups is 2. The van der Waals surface area contributed by atoms with Crippen molar-refractivity contribution in [3.05, 3.63) is 130 Å². The van der Waals surface area contributed by atoms with Crippen molar-refractivity contribution in [2.45, 2.75) is 0 Å². The Kier molecular flexibility index (Phi) is 9.85. The Morgan fingerprint density at radius 3 is 1.34 bits per heavy atom. The molecule has 2 heterocycles. The lowest BCUT2D eigenvalue weighted by Gasteiger charge is -2.10. The van der Waals surface area contributed by atoms with Gasteiger partial charge in [0.25, 0.3) is 0 Å². The number of ether oxygens (including phenoxy) is 3. The number of nitrogens with one attached hydrogen (secondary N) is 2. The minimum absolute atomic E-state index is 0.0597. The quantitative estimate of drug-likeness (QED) is 0.0908. The number of para-hydroxylation sites is 2. The monoisotopic (exact) mass is 632 g/mol. The maximum Gasteiger partial charge on any atom is 0.385 e. The number of aromatic nitrogens is 2. The Hall–Kier alpha value is -6.34. The Morgan fingerprint density at radius 2 is 0.894 bits per heavy atom. The minimum atomic E-state index is -0.627. The molecule has 0 bridgehead atoms. The smallest absolute Gasteiger partial charge is 0.385 e. The highest BCUT2D eigenvalue weighted by Gasteiger charge is 2.15. The van der Waals surface area contributed by atoms with E-state index in [2.05, 4.69) is 30.8 Å². The van der Waals surface area contributed by atoms with E-state index in [1.807, 2.05) is 72.8 Å². The van der Waals surface area contributed by atoms with Gasteiger partial charge in [-0.2, -0.15) is 0 Å². The highest BCUT2D eigenvalue weighted by Crippen LogP contribution is 2.32. The van der Waals surface area contributed by atoms with E-state index in [1.54, 1.807) is 36.4 Å². The molecule has 2 N–H and O–H groups in total. The first-order chi connectivity index (χ1) is 23.2. The number of aromatic amines is 2. The van der Waals surface area contributed by atoms with Crippen molar-refractivity contribution >= 4 is 22.7 Å². The number of hydrogen-bond acceptors (Lipinski definition) is 11. The first-order valence-electron chi connectivity index (χ1n) is 14.6. The van der Waals surface area contributed by atoms with Gasteiger partial charge in [-0.05, 0) is 24.3 Å². The van der Waals surface area contributed by atoms with Crippen LogP contribution < -0.4 is 20.7 Å². The van der Waals surface area contributed by atoms with E-state index in [9.17, 15) is 9.59 Å². The van der Waals surface area contributed by atoms with Crippen LogP contribution in [0, 0.1) is 0 Å². The fourth-order valence-corrected chi connectivity index (χ4v) is 4.43. The van der Waals surface area contributed by atoms with E-state index in [0.29, 0.717) is 34.3 Å². The summed E-state index contributed by atoms with van der Waals surface area (Å²) in [6.45, 7) is 1.03. The van der Waals surface area contributed by atoms with Crippen LogP contribution in [0.5, 0.6) is 11.5 Å². The zero-order valence-electron chi connectivity index (χ0n) is 24.9. The molecule has 0 saturated carbocycles. The van der Waals surface area contributed by atoms with Crippen LogP contribution in [0.1, 0.15) is 0 Å². The molecule has 47 heavy (non-hydrogen) atoms. The van der Waals surface area contributed by atoms with Crippen LogP contribution in [0.2, 0.25) is 0 Å². The number of benzene rings is 4. The van der Waals surface area contributed by atoms with Gasteiger partial charge in [0.1, 0.15) is 47.5 Å². The van der Waals surface area contributed by atoms with Crippen molar-refractivity contribution in [3.63, 3.8) is 0 Å². The van der Waals surface area contributed by atoms with E-state index in [1.165, 1.54) is 0 Å². The Balaban J connectivity index is 0.996. The second-order valence-electron chi connectivity index (χ2n) is 9.81.